The van der Waals surface area contributed by atoms with E-state index in [1.165, 1.54) is 0 Å². The van der Waals surface area contributed by atoms with E-state index in [1.807, 2.05) is 27.7 Å². The summed E-state index contributed by atoms with van der Waals surface area (Å²) in [5.41, 5.74) is 1.99. The molecule has 0 saturated carbocycles. The highest BCUT2D eigenvalue weighted by Crippen LogP contribution is 2.32. The number of anilines is 1. The zero-order valence-corrected chi connectivity index (χ0v) is 17.0. The van der Waals surface area contributed by atoms with Crippen molar-refractivity contribution in [3.8, 4) is 11.5 Å². The molecule has 0 fully saturated rings. The van der Waals surface area contributed by atoms with E-state index in [4.69, 9.17) is 9.47 Å². The van der Waals surface area contributed by atoms with E-state index in [2.05, 4.69) is 4.72 Å². The summed E-state index contributed by atoms with van der Waals surface area (Å²) >= 11 is 0. The third kappa shape index (κ3) is 4.69. The van der Waals surface area contributed by atoms with Crippen LogP contribution in [0.4, 0.5) is 5.69 Å². The van der Waals surface area contributed by atoms with Crippen molar-refractivity contribution in [2.24, 2.45) is 0 Å². The van der Waals surface area contributed by atoms with Gasteiger partial charge in [0.2, 0.25) is 0 Å². The van der Waals surface area contributed by atoms with Crippen LogP contribution in [0.5, 0.6) is 11.5 Å². The predicted molar refractivity (Wildman–Crippen MR) is 105 cm³/mol. The second kappa shape index (κ2) is 7.99. The molecule has 0 radical (unpaired) electrons. The maximum atomic E-state index is 12.9. The Bertz CT molecular complexity index is 856. The summed E-state index contributed by atoms with van der Waals surface area (Å²) in [6.07, 6.45) is 0.0638. The molecule has 2 aromatic rings. The summed E-state index contributed by atoms with van der Waals surface area (Å²) in [6, 6.07) is 10.3. The minimum absolute atomic E-state index is 0.0638. The monoisotopic (exact) mass is 377 g/mol. The van der Waals surface area contributed by atoms with E-state index >= 15 is 0 Å². The molecule has 0 heterocycles. The van der Waals surface area contributed by atoms with Crippen molar-refractivity contribution in [2.45, 2.75) is 51.5 Å². The minimum Gasteiger partial charge on any atom is -0.496 e. The van der Waals surface area contributed by atoms with Crippen molar-refractivity contribution < 1.29 is 17.9 Å². The average molecular weight is 378 g/mol. The van der Waals surface area contributed by atoms with Crippen LogP contribution in [0.15, 0.2) is 41.3 Å². The van der Waals surface area contributed by atoms with Gasteiger partial charge in [0.15, 0.2) is 0 Å². The Morgan fingerprint density at radius 2 is 1.62 bits per heavy atom. The lowest BCUT2D eigenvalue weighted by Gasteiger charge is -2.17. The lowest BCUT2D eigenvalue weighted by Crippen LogP contribution is -2.15. The summed E-state index contributed by atoms with van der Waals surface area (Å²) < 4.78 is 39.4. The van der Waals surface area contributed by atoms with Gasteiger partial charge in [-0.15, -0.1) is 0 Å². The zero-order valence-electron chi connectivity index (χ0n) is 16.2. The highest BCUT2D eigenvalue weighted by atomic mass is 32.2. The summed E-state index contributed by atoms with van der Waals surface area (Å²) in [4.78, 5) is 0.254. The SMILES string of the molecule is COc1cc(C)c(S(=O)(=O)Nc2ccc(OC(C)C)cc2)cc1C(C)C. The van der Waals surface area contributed by atoms with Gasteiger partial charge in [-0.2, -0.15) is 0 Å². The van der Waals surface area contributed by atoms with Gasteiger partial charge in [0, 0.05) is 5.69 Å². The fourth-order valence-electron chi connectivity index (χ4n) is 2.68. The lowest BCUT2D eigenvalue weighted by atomic mass is 10.0. The molecule has 1 N–H and O–H groups in total. The van der Waals surface area contributed by atoms with Gasteiger partial charge in [0.1, 0.15) is 11.5 Å². The van der Waals surface area contributed by atoms with E-state index in [1.54, 1.807) is 50.4 Å². The second-order valence-corrected chi connectivity index (χ2v) is 8.46. The molecular formula is C20H27NO4S. The first kappa shape index (κ1) is 20.1. The van der Waals surface area contributed by atoms with Crippen molar-refractivity contribution in [2.75, 3.05) is 11.8 Å². The van der Waals surface area contributed by atoms with E-state index < -0.39 is 10.0 Å². The molecular weight excluding hydrogens is 350 g/mol. The van der Waals surface area contributed by atoms with E-state index in [0.717, 1.165) is 5.56 Å². The smallest absolute Gasteiger partial charge is 0.262 e. The van der Waals surface area contributed by atoms with E-state index in [-0.39, 0.29) is 16.9 Å². The van der Waals surface area contributed by atoms with Crippen LogP contribution in [0.2, 0.25) is 0 Å². The van der Waals surface area contributed by atoms with Gasteiger partial charge in [-0.05, 0) is 74.2 Å². The number of hydrogen-bond acceptors (Lipinski definition) is 4. The molecule has 0 saturated heterocycles. The largest absolute Gasteiger partial charge is 0.496 e. The van der Waals surface area contributed by atoms with Gasteiger partial charge in [-0.1, -0.05) is 13.8 Å². The van der Waals surface area contributed by atoms with Gasteiger partial charge < -0.3 is 9.47 Å². The molecule has 0 amide bonds. The fraction of sp³-hybridized carbons (Fsp3) is 0.400. The Morgan fingerprint density at radius 3 is 2.12 bits per heavy atom. The normalized spacial score (nSPS) is 11.7. The highest BCUT2D eigenvalue weighted by molar-refractivity contribution is 7.92. The van der Waals surface area contributed by atoms with Gasteiger partial charge >= 0.3 is 0 Å². The van der Waals surface area contributed by atoms with E-state index in [9.17, 15) is 8.42 Å². The molecule has 2 rings (SSSR count). The molecule has 0 aliphatic rings. The van der Waals surface area contributed by atoms with Crippen LogP contribution in [-0.4, -0.2) is 21.6 Å². The van der Waals surface area contributed by atoms with Crippen molar-refractivity contribution in [1.82, 2.24) is 0 Å². The van der Waals surface area contributed by atoms with Crippen LogP contribution in [0.1, 0.15) is 44.7 Å². The maximum Gasteiger partial charge on any atom is 0.262 e. The topological polar surface area (TPSA) is 64.6 Å². The Labute approximate surface area is 156 Å². The number of nitrogens with one attached hydrogen (secondary N) is 1. The van der Waals surface area contributed by atoms with Crippen LogP contribution in [0.25, 0.3) is 0 Å². The number of hydrogen-bond donors (Lipinski definition) is 1. The molecule has 6 heteroatoms. The number of rotatable bonds is 7. The van der Waals surface area contributed by atoms with Gasteiger partial charge in [0.25, 0.3) is 10.0 Å². The maximum absolute atomic E-state index is 12.9. The molecule has 0 aliphatic heterocycles. The third-order valence-corrected chi connectivity index (χ3v) is 5.44. The Morgan fingerprint density at radius 1 is 1.00 bits per heavy atom. The van der Waals surface area contributed by atoms with Crippen molar-refractivity contribution in [1.29, 1.82) is 0 Å². The first-order valence-electron chi connectivity index (χ1n) is 8.62. The molecule has 0 aliphatic carbocycles. The molecule has 0 unspecified atom stereocenters. The van der Waals surface area contributed by atoms with Crippen molar-refractivity contribution in [3.63, 3.8) is 0 Å². The Hall–Kier alpha value is -2.21. The van der Waals surface area contributed by atoms with Crippen molar-refractivity contribution >= 4 is 15.7 Å². The minimum atomic E-state index is -3.71. The Kier molecular flexibility index (Phi) is 6.18. The number of ether oxygens (including phenoxy) is 2. The standard InChI is InChI=1S/C20H27NO4S/c1-13(2)18-12-20(15(5)11-19(18)24-6)26(22,23)21-16-7-9-17(10-8-16)25-14(3)4/h7-14,21H,1-6H3. The molecule has 0 bridgehead atoms. The predicted octanol–water partition coefficient (Wildman–Crippen LogP) is 4.72. The molecule has 0 atom stereocenters. The number of aryl methyl sites for hydroxylation is 1. The van der Waals surface area contributed by atoms with Gasteiger partial charge in [-0.25, -0.2) is 8.42 Å². The van der Waals surface area contributed by atoms with Gasteiger partial charge in [0.05, 0.1) is 18.1 Å². The van der Waals surface area contributed by atoms with Gasteiger partial charge in [-0.3, -0.25) is 4.72 Å². The third-order valence-electron chi connectivity index (χ3n) is 3.92. The summed E-state index contributed by atoms with van der Waals surface area (Å²) in [6.45, 7) is 9.65. The second-order valence-electron chi connectivity index (χ2n) is 6.81. The number of sulfonamides is 1. The van der Waals surface area contributed by atoms with Crippen LogP contribution >= 0.6 is 0 Å². The molecule has 2 aromatic carbocycles. The quantitative estimate of drug-likeness (QED) is 0.758. The molecule has 0 spiro atoms. The van der Waals surface area contributed by atoms with Crippen LogP contribution in [-0.2, 0) is 10.0 Å². The van der Waals surface area contributed by atoms with Crippen molar-refractivity contribution in [3.05, 3.63) is 47.5 Å². The Balaban J connectivity index is 2.34. The average Bonchev–Trinajstić information content (AvgIpc) is 2.55. The lowest BCUT2D eigenvalue weighted by molar-refractivity contribution is 0.242. The van der Waals surface area contributed by atoms with Crippen LogP contribution in [0.3, 0.4) is 0 Å². The zero-order chi connectivity index (χ0) is 19.5. The number of benzene rings is 2. The first-order valence-corrected chi connectivity index (χ1v) is 10.1. The fourth-order valence-corrected chi connectivity index (χ4v) is 4.00. The molecule has 0 aromatic heterocycles. The highest BCUT2D eigenvalue weighted by Gasteiger charge is 2.21. The summed E-state index contributed by atoms with van der Waals surface area (Å²) in [5.74, 6) is 1.55. The summed E-state index contributed by atoms with van der Waals surface area (Å²) in [7, 11) is -2.12. The summed E-state index contributed by atoms with van der Waals surface area (Å²) in [5, 5.41) is 0. The molecule has 5 nitrogen and oxygen atoms in total. The van der Waals surface area contributed by atoms with E-state index in [0.29, 0.717) is 22.7 Å². The van der Waals surface area contributed by atoms with Crippen LogP contribution < -0.4 is 14.2 Å². The molecule has 26 heavy (non-hydrogen) atoms. The first-order chi connectivity index (χ1) is 12.1. The van der Waals surface area contributed by atoms with Crippen LogP contribution in [0, 0.1) is 6.92 Å². The number of methoxy groups -OCH3 is 1. The molecule has 142 valence electrons.